The van der Waals surface area contributed by atoms with Crippen molar-refractivity contribution in [1.82, 2.24) is 15.1 Å². The number of nitrogens with one attached hydrogen (secondary N) is 1. The number of rotatable bonds is 8. The van der Waals surface area contributed by atoms with E-state index in [1.165, 1.54) is 66.7 Å². The molecule has 3 aromatic carbocycles. The Morgan fingerprint density at radius 3 is 2.34 bits per heavy atom. The van der Waals surface area contributed by atoms with Crippen LogP contribution in [-0.2, 0) is 19.3 Å². The van der Waals surface area contributed by atoms with Gasteiger partial charge >= 0.3 is 18.4 Å². The van der Waals surface area contributed by atoms with Gasteiger partial charge in [-0.15, -0.1) is 8.78 Å². The van der Waals surface area contributed by atoms with Gasteiger partial charge in [0.1, 0.15) is 6.61 Å². The number of carbonyl (C=O) groups excluding carboxylic acids is 1. The maximum absolute atomic E-state index is 13.5. The van der Waals surface area contributed by atoms with Crippen LogP contribution in [-0.4, -0.2) is 33.1 Å². The zero-order chi connectivity index (χ0) is 29.4. The number of benzene rings is 3. The fourth-order valence-electron chi connectivity index (χ4n) is 3.86. The molecule has 0 fully saturated rings. The highest BCUT2D eigenvalue weighted by atomic mass is 19.4. The van der Waals surface area contributed by atoms with Crippen molar-refractivity contribution >= 4 is 11.9 Å². The average Bonchev–Trinajstić information content (AvgIpc) is 3.50. The number of ether oxygens (including phenoxy) is 3. The monoisotopic (exact) mass is 575 g/mol. The molecule has 2 N–H and O–H groups in total. The minimum absolute atomic E-state index is 0.0355. The minimum Gasteiger partial charge on any atom is -0.478 e. The fraction of sp³-hybridized carbons (Fsp3) is 0.148. The van der Waals surface area contributed by atoms with Gasteiger partial charge in [0.15, 0.2) is 17.2 Å². The van der Waals surface area contributed by atoms with Crippen molar-refractivity contribution in [2.75, 3.05) is 0 Å². The lowest BCUT2D eigenvalue weighted by Crippen LogP contribution is -2.26. The maximum Gasteiger partial charge on any atom is 0.586 e. The van der Waals surface area contributed by atoms with Crippen LogP contribution in [0.15, 0.2) is 72.8 Å². The Morgan fingerprint density at radius 1 is 0.927 bits per heavy atom. The van der Waals surface area contributed by atoms with Gasteiger partial charge in [0.25, 0.3) is 5.91 Å². The summed E-state index contributed by atoms with van der Waals surface area (Å²) in [6.45, 7) is -0.259. The van der Waals surface area contributed by atoms with Gasteiger partial charge in [0.2, 0.25) is 5.88 Å². The zero-order valence-electron chi connectivity index (χ0n) is 20.6. The molecule has 212 valence electrons. The number of alkyl halides is 5. The number of nitrogens with zero attached hydrogens (tertiary/aromatic N) is 2. The van der Waals surface area contributed by atoms with Crippen LogP contribution in [0.25, 0.3) is 5.69 Å². The van der Waals surface area contributed by atoms with Gasteiger partial charge in [0, 0.05) is 18.2 Å². The first-order valence-corrected chi connectivity index (χ1v) is 11.8. The normalized spacial score (nSPS) is 13.6. The molecule has 1 aromatic heterocycles. The summed E-state index contributed by atoms with van der Waals surface area (Å²) < 4.78 is 82.1. The second-order valence-electron chi connectivity index (χ2n) is 8.75. The van der Waals surface area contributed by atoms with E-state index in [2.05, 4.69) is 19.9 Å². The number of hydrogen-bond acceptors (Lipinski definition) is 6. The number of carboxylic acids is 1. The van der Waals surface area contributed by atoms with Crippen LogP contribution in [0, 0.1) is 0 Å². The van der Waals surface area contributed by atoms with Crippen molar-refractivity contribution in [2.45, 2.75) is 25.6 Å². The number of carboxylic acid groups (broad SMARTS) is 1. The molecule has 0 bridgehead atoms. The zero-order valence-corrected chi connectivity index (χ0v) is 20.6. The number of hydrogen-bond donors (Lipinski definition) is 2. The maximum atomic E-state index is 13.5. The van der Waals surface area contributed by atoms with Crippen LogP contribution in [0.3, 0.4) is 0 Å². The fourth-order valence-corrected chi connectivity index (χ4v) is 3.86. The molecule has 2 heterocycles. The SMILES string of the molecule is O=C(O)c1ccc(COc2cc(C(F)(F)F)nn2-c2cccc(C(=O)NCc3ccc4c(c3)OC(F)(F)O4)c2)cc1. The molecule has 41 heavy (non-hydrogen) atoms. The van der Waals surface area contributed by atoms with E-state index in [0.29, 0.717) is 17.2 Å². The molecular weight excluding hydrogens is 557 g/mol. The molecule has 1 aliphatic heterocycles. The minimum atomic E-state index is -4.78. The van der Waals surface area contributed by atoms with Crippen LogP contribution in [0.4, 0.5) is 22.0 Å². The van der Waals surface area contributed by atoms with Crippen LogP contribution in [0.5, 0.6) is 17.4 Å². The van der Waals surface area contributed by atoms with E-state index >= 15 is 0 Å². The molecule has 5 rings (SSSR count). The molecule has 0 unspecified atom stereocenters. The summed E-state index contributed by atoms with van der Waals surface area (Å²) in [7, 11) is 0. The Balaban J connectivity index is 1.33. The first-order chi connectivity index (χ1) is 19.4. The van der Waals surface area contributed by atoms with E-state index in [-0.39, 0.29) is 47.3 Å². The third kappa shape index (κ3) is 6.21. The van der Waals surface area contributed by atoms with Gasteiger partial charge in [-0.25, -0.2) is 9.48 Å². The van der Waals surface area contributed by atoms with Crippen molar-refractivity contribution in [2.24, 2.45) is 0 Å². The van der Waals surface area contributed by atoms with Gasteiger partial charge < -0.3 is 24.6 Å². The van der Waals surface area contributed by atoms with Gasteiger partial charge in [-0.1, -0.05) is 24.3 Å². The van der Waals surface area contributed by atoms with Crippen molar-refractivity contribution in [1.29, 1.82) is 0 Å². The molecule has 0 radical (unpaired) electrons. The molecule has 4 aromatic rings. The second-order valence-corrected chi connectivity index (χ2v) is 8.75. The molecule has 14 heteroatoms. The van der Waals surface area contributed by atoms with Crippen molar-refractivity contribution in [3.05, 3.63) is 101 Å². The van der Waals surface area contributed by atoms with E-state index in [0.717, 1.165) is 4.68 Å². The lowest BCUT2D eigenvalue weighted by molar-refractivity contribution is -0.286. The first-order valence-electron chi connectivity index (χ1n) is 11.8. The lowest BCUT2D eigenvalue weighted by Gasteiger charge is -2.11. The summed E-state index contributed by atoms with van der Waals surface area (Å²) in [6.07, 6.45) is -8.56. The number of amides is 1. The molecule has 0 saturated heterocycles. The van der Waals surface area contributed by atoms with Crippen molar-refractivity contribution in [3.8, 4) is 23.1 Å². The van der Waals surface area contributed by atoms with E-state index in [4.69, 9.17) is 9.84 Å². The summed E-state index contributed by atoms with van der Waals surface area (Å²) in [5, 5.41) is 15.2. The van der Waals surface area contributed by atoms with Crippen molar-refractivity contribution in [3.63, 3.8) is 0 Å². The Morgan fingerprint density at radius 2 is 1.63 bits per heavy atom. The predicted molar refractivity (Wildman–Crippen MR) is 130 cm³/mol. The standard InChI is InChI=1S/C27H18F5N3O6/c28-26(29,30)22-12-23(39-14-15-4-7-17(8-5-15)25(37)38)35(34-22)19-3-1-2-18(11-19)24(36)33-13-16-6-9-20-21(10-16)41-27(31,32)40-20/h1-12H,13-14H2,(H,33,36)(H,37,38). The van der Waals surface area contributed by atoms with Crippen LogP contribution < -0.4 is 19.5 Å². The topological polar surface area (TPSA) is 112 Å². The highest BCUT2D eigenvalue weighted by Gasteiger charge is 2.43. The Hall–Kier alpha value is -5.14. The lowest BCUT2D eigenvalue weighted by atomic mass is 10.1. The molecule has 0 aliphatic carbocycles. The Bertz CT molecular complexity index is 1620. The molecule has 1 aliphatic rings. The van der Waals surface area contributed by atoms with Gasteiger partial charge in [-0.2, -0.15) is 18.3 Å². The third-order valence-corrected chi connectivity index (χ3v) is 5.83. The predicted octanol–water partition coefficient (Wildman–Crippen LogP) is 5.42. The summed E-state index contributed by atoms with van der Waals surface area (Å²) >= 11 is 0. The number of aromatic nitrogens is 2. The quantitative estimate of drug-likeness (QED) is 0.270. The Kier molecular flexibility index (Phi) is 6.99. The number of aromatic carboxylic acids is 1. The number of halogens is 5. The highest BCUT2D eigenvalue weighted by Crippen LogP contribution is 2.41. The van der Waals surface area contributed by atoms with Crippen LogP contribution in [0.2, 0.25) is 0 Å². The molecule has 0 saturated carbocycles. The largest absolute Gasteiger partial charge is 0.586 e. The third-order valence-electron chi connectivity index (χ3n) is 5.83. The Labute approximate surface area is 227 Å². The van der Waals surface area contributed by atoms with E-state index in [1.54, 1.807) is 0 Å². The second kappa shape index (κ2) is 10.4. The van der Waals surface area contributed by atoms with E-state index in [1.807, 2.05) is 0 Å². The molecular formula is C27H18F5N3O6. The molecule has 9 nitrogen and oxygen atoms in total. The van der Waals surface area contributed by atoms with Crippen LogP contribution >= 0.6 is 0 Å². The first kappa shape index (κ1) is 27.4. The molecule has 1 amide bonds. The van der Waals surface area contributed by atoms with Gasteiger partial charge in [-0.3, -0.25) is 4.79 Å². The van der Waals surface area contributed by atoms with E-state index < -0.39 is 30.0 Å². The summed E-state index contributed by atoms with van der Waals surface area (Å²) in [5.74, 6) is -2.33. The highest BCUT2D eigenvalue weighted by molar-refractivity contribution is 5.94. The summed E-state index contributed by atoms with van der Waals surface area (Å²) in [6, 6.07) is 15.9. The number of fused-ring (bicyclic) bond motifs is 1. The molecule has 0 atom stereocenters. The average molecular weight is 575 g/mol. The number of carbonyl (C=O) groups is 2. The van der Waals surface area contributed by atoms with Crippen molar-refractivity contribution < 1.29 is 50.9 Å². The smallest absolute Gasteiger partial charge is 0.478 e. The molecule has 0 spiro atoms. The van der Waals surface area contributed by atoms with Gasteiger partial charge in [0.05, 0.1) is 11.3 Å². The van der Waals surface area contributed by atoms with Crippen LogP contribution in [0.1, 0.15) is 37.5 Å². The van der Waals surface area contributed by atoms with E-state index in [9.17, 15) is 31.5 Å². The van der Waals surface area contributed by atoms with Gasteiger partial charge in [-0.05, 0) is 53.6 Å². The summed E-state index contributed by atoms with van der Waals surface area (Å²) in [4.78, 5) is 23.8. The summed E-state index contributed by atoms with van der Waals surface area (Å²) in [5.41, 5.74) is -0.0887.